The highest BCUT2D eigenvalue weighted by molar-refractivity contribution is 8.14. The van der Waals surface area contributed by atoms with Crippen molar-refractivity contribution < 1.29 is 13.8 Å². The molecular weight excluding hydrogens is 184 g/mol. The zero-order valence-electron chi connectivity index (χ0n) is 5.73. The van der Waals surface area contributed by atoms with Gasteiger partial charge in [-0.15, -0.1) is 0 Å². The van der Waals surface area contributed by atoms with Crippen molar-refractivity contribution in [1.29, 1.82) is 0 Å². The Balaban J connectivity index is 2.58. The van der Waals surface area contributed by atoms with Crippen molar-refractivity contribution in [3.8, 4) is 0 Å². The number of rotatable bonds is 1. The van der Waals surface area contributed by atoms with Gasteiger partial charge >= 0.3 is 0 Å². The van der Waals surface area contributed by atoms with Crippen LogP contribution in [-0.2, 0) is 9.84 Å². The van der Waals surface area contributed by atoms with E-state index in [0.29, 0.717) is 0 Å². The van der Waals surface area contributed by atoms with Gasteiger partial charge in [0.25, 0.3) is 5.17 Å². The first-order valence-corrected chi connectivity index (χ1v) is 5.54. The summed E-state index contributed by atoms with van der Waals surface area (Å²) >= 11 is 1.17. The summed E-state index contributed by atoms with van der Waals surface area (Å²) in [4.78, 5) is 0. The monoisotopic (exact) mass is 193 g/mol. The predicted octanol–water partition coefficient (Wildman–Crippen LogP) is -1.90. The van der Waals surface area contributed by atoms with E-state index in [1.165, 1.54) is 17.2 Å². The highest BCUT2D eigenvalue weighted by Gasteiger charge is 2.23. The van der Waals surface area contributed by atoms with Crippen LogP contribution in [-0.4, -0.2) is 24.6 Å². The van der Waals surface area contributed by atoms with Crippen molar-refractivity contribution in [3.05, 3.63) is 11.5 Å². The van der Waals surface area contributed by atoms with E-state index in [-0.39, 0.29) is 16.2 Å². The lowest BCUT2D eigenvalue weighted by Gasteiger charge is -1.98. The minimum atomic E-state index is -2.97. The third kappa shape index (κ3) is 2.55. The first kappa shape index (κ1) is 8.61. The van der Waals surface area contributed by atoms with Gasteiger partial charge in [-0.1, -0.05) is 6.08 Å². The van der Waals surface area contributed by atoms with Gasteiger partial charge in [0.15, 0.2) is 9.84 Å². The predicted molar refractivity (Wildman–Crippen MR) is 45.4 cm³/mol. The molecule has 1 rings (SSSR count). The molecule has 1 atom stereocenters. The van der Waals surface area contributed by atoms with Crippen molar-refractivity contribution in [2.24, 2.45) is 5.73 Å². The van der Waals surface area contributed by atoms with Gasteiger partial charge in [0, 0.05) is 10.7 Å². The summed E-state index contributed by atoms with van der Waals surface area (Å²) in [6.45, 7) is 0. The van der Waals surface area contributed by atoms with E-state index in [2.05, 4.69) is 0 Å². The molecule has 0 spiro atoms. The average molecular weight is 193 g/mol. The lowest BCUT2D eigenvalue weighted by Crippen LogP contribution is -2.44. The maximum absolute atomic E-state index is 10.8. The molecule has 4 N–H and O–H groups in total. The van der Waals surface area contributed by atoms with Crippen LogP contribution < -0.4 is 11.1 Å². The molecule has 0 saturated carbocycles. The smallest absolute Gasteiger partial charge is 0.282 e. The molecule has 0 amide bonds. The molecule has 0 radical (unpaired) electrons. The van der Waals surface area contributed by atoms with Crippen molar-refractivity contribution in [3.63, 3.8) is 0 Å². The molecule has 0 aromatic rings. The molecule has 0 bridgehead atoms. The molecule has 4 nitrogen and oxygen atoms in total. The Bertz CT molecular complexity index is 294. The molecule has 0 saturated heterocycles. The van der Waals surface area contributed by atoms with Crippen molar-refractivity contribution in [2.75, 3.05) is 5.75 Å². The van der Waals surface area contributed by atoms with Gasteiger partial charge in [-0.25, -0.2) is 8.42 Å². The number of amidine groups is 1. The molecule has 0 aliphatic carbocycles. The molecular formula is C5H9N2O2S2+. The molecule has 6 heteroatoms. The molecule has 1 aliphatic heterocycles. The molecule has 11 heavy (non-hydrogen) atoms. The fraction of sp³-hybridized carbons (Fsp3) is 0.400. The fourth-order valence-electron chi connectivity index (χ4n) is 0.796. The normalized spacial score (nSPS) is 27.1. The first-order valence-electron chi connectivity index (χ1n) is 2.95. The Labute approximate surface area is 69.3 Å². The standard InChI is InChI=1S/C5H8N2O2S2/c6-5(7)10-4-1-2-11(8,9)3-4/h1-2,4H,3H2,(H3,6,7)/p+1. The number of nitrogens with two attached hydrogens (primary N) is 2. The lowest BCUT2D eigenvalue weighted by atomic mass is 10.5. The zero-order chi connectivity index (χ0) is 8.48. The van der Waals surface area contributed by atoms with Gasteiger partial charge in [-0.05, 0) is 11.8 Å². The molecule has 0 fully saturated rings. The SMILES string of the molecule is NC(=[NH2+])SC1C=CS(=O)(=O)C1. The molecule has 0 aromatic heterocycles. The fourth-order valence-corrected chi connectivity index (χ4v) is 3.35. The van der Waals surface area contributed by atoms with Crippen LogP contribution >= 0.6 is 11.8 Å². The quantitative estimate of drug-likeness (QED) is 0.376. The number of sulfone groups is 1. The van der Waals surface area contributed by atoms with Gasteiger partial charge in [-0.3, -0.25) is 11.1 Å². The number of thioether (sulfide) groups is 1. The van der Waals surface area contributed by atoms with Crippen molar-refractivity contribution >= 4 is 26.8 Å². The zero-order valence-corrected chi connectivity index (χ0v) is 7.36. The van der Waals surface area contributed by atoms with E-state index >= 15 is 0 Å². The van der Waals surface area contributed by atoms with Gasteiger partial charge in [0.05, 0.1) is 5.75 Å². The summed E-state index contributed by atoms with van der Waals surface area (Å²) in [6.07, 6.45) is 1.60. The summed E-state index contributed by atoms with van der Waals surface area (Å²) in [7, 11) is -2.97. The molecule has 62 valence electrons. The van der Waals surface area contributed by atoms with Gasteiger partial charge in [0.2, 0.25) is 0 Å². The molecule has 1 unspecified atom stereocenters. The van der Waals surface area contributed by atoms with Crippen molar-refractivity contribution in [1.82, 2.24) is 0 Å². The maximum Gasteiger partial charge on any atom is 0.300 e. The molecule has 1 aliphatic rings. The Morgan fingerprint density at radius 1 is 1.73 bits per heavy atom. The van der Waals surface area contributed by atoms with E-state index in [1.807, 2.05) is 0 Å². The third-order valence-corrected chi connectivity index (χ3v) is 3.69. The second kappa shape index (κ2) is 2.86. The Kier molecular flexibility index (Phi) is 2.24. The summed E-state index contributed by atoms with van der Waals surface area (Å²) < 4.78 is 21.7. The van der Waals surface area contributed by atoms with Gasteiger partial charge in [-0.2, -0.15) is 0 Å². The Morgan fingerprint density at radius 3 is 2.73 bits per heavy atom. The topological polar surface area (TPSA) is 85.8 Å². The van der Waals surface area contributed by atoms with Crippen molar-refractivity contribution in [2.45, 2.75) is 5.25 Å². The number of hydrogen-bond acceptors (Lipinski definition) is 3. The Hall–Kier alpha value is -0.490. The highest BCUT2D eigenvalue weighted by Crippen LogP contribution is 2.19. The summed E-state index contributed by atoms with van der Waals surface area (Å²) in [5.41, 5.74) is 5.19. The molecule has 1 heterocycles. The minimum absolute atomic E-state index is 0.106. The van der Waals surface area contributed by atoms with Crippen LogP contribution in [0, 0.1) is 0 Å². The van der Waals surface area contributed by atoms with Gasteiger partial charge < -0.3 is 0 Å². The number of hydrogen-bond donors (Lipinski definition) is 2. The van der Waals surface area contributed by atoms with E-state index in [4.69, 9.17) is 11.1 Å². The third-order valence-electron chi connectivity index (χ3n) is 1.18. The van der Waals surface area contributed by atoms with Crippen LogP contribution in [0.15, 0.2) is 11.5 Å². The van der Waals surface area contributed by atoms with E-state index in [1.54, 1.807) is 6.08 Å². The van der Waals surface area contributed by atoms with E-state index in [0.717, 1.165) is 0 Å². The van der Waals surface area contributed by atoms with Crippen LogP contribution in [0.4, 0.5) is 0 Å². The second-order valence-corrected chi connectivity index (χ2v) is 5.46. The summed E-state index contributed by atoms with van der Waals surface area (Å²) in [6, 6.07) is 0. The Morgan fingerprint density at radius 2 is 2.36 bits per heavy atom. The maximum atomic E-state index is 10.8. The van der Waals surface area contributed by atoms with Crippen LogP contribution in [0.5, 0.6) is 0 Å². The largest absolute Gasteiger partial charge is 0.300 e. The van der Waals surface area contributed by atoms with Crippen LogP contribution in [0.1, 0.15) is 0 Å². The van der Waals surface area contributed by atoms with Crippen LogP contribution in [0.2, 0.25) is 0 Å². The second-order valence-electron chi connectivity index (χ2n) is 2.22. The first-order chi connectivity index (χ1) is 4.99. The lowest BCUT2D eigenvalue weighted by molar-refractivity contribution is -0.110. The molecule has 0 aromatic carbocycles. The van der Waals surface area contributed by atoms with Crippen LogP contribution in [0.3, 0.4) is 0 Å². The average Bonchev–Trinajstić information content (AvgIpc) is 2.08. The summed E-state index contributed by atoms with van der Waals surface area (Å²) in [5.74, 6) is 0.107. The minimum Gasteiger partial charge on any atom is -0.282 e. The summed E-state index contributed by atoms with van der Waals surface area (Å²) in [5, 5.41) is 6.49. The van der Waals surface area contributed by atoms with E-state index < -0.39 is 9.84 Å². The van der Waals surface area contributed by atoms with E-state index in [9.17, 15) is 8.42 Å². The van der Waals surface area contributed by atoms with Gasteiger partial charge in [0.1, 0.15) is 0 Å². The van der Waals surface area contributed by atoms with Crippen LogP contribution in [0.25, 0.3) is 0 Å². The highest BCUT2D eigenvalue weighted by atomic mass is 32.2.